The highest BCUT2D eigenvalue weighted by Gasteiger charge is 1.99. The van der Waals surface area contributed by atoms with Crippen molar-refractivity contribution in [2.24, 2.45) is 5.10 Å². The Morgan fingerprint density at radius 1 is 1.57 bits per heavy atom. The van der Waals surface area contributed by atoms with Crippen LogP contribution in [0.5, 0.6) is 0 Å². The lowest BCUT2D eigenvalue weighted by Crippen LogP contribution is -2.35. The van der Waals surface area contributed by atoms with Crippen LogP contribution in [0.4, 0.5) is 0 Å². The molecule has 0 atom stereocenters. The summed E-state index contributed by atoms with van der Waals surface area (Å²) in [4.78, 5) is 0. The molecule has 1 aliphatic heterocycles. The van der Waals surface area contributed by atoms with Crippen molar-refractivity contribution >= 4 is 6.34 Å². The maximum atomic E-state index is 3.84. The highest BCUT2D eigenvalue weighted by Crippen LogP contribution is 1.84. The van der Waals surface area contributed by atoms with Crippen molar-refractivity contribution in [2.75, 3.05) is 14.1 Å². The fourth-order valence-electron chi connectivity index (χ4n) is 0.435. The molecule has 0 aromatic carbocycles. The molecule has 0 unspecified atom stereocenters. The maximum absolute atomic E-state index is 3.84. The van der Waals surface area contributed by atoms with E-state index in [0.717, 1.165) is 0 Å². The zero-order valence-corrected chi connectivity index (χ0v) is 4.42. The molecule has 1 rings (SSSR count). The summed E-state index contributed by atoms with van der Waals surface area (Å²) < 4.78 is 0. The van der Waals surface area contributed by atoms with Crippen LogP contribution in [0.1, 0.15) is 0 Å². The summed E-state index contributed by atoms with van der Waals surface area (Å²) >= 11 is 0. The van der Waals surface area contributed by atoms with Crippen molar-refractivity contribution in [2.45, 2.75) is 0 Å². The molecule has 40 valence electrons. The molecule has 0 amide bonds. The van der Waals surface area contributed by atoms with E-state index >= 15 is 0 Å². The predicted octanol–water partition coefficient (Wildman–Crippen LogP) is -0.774. The van der Waals surface area contributed by atoms with Gasteiger partial charge in [-0.15, -0.1) is 10.6 Å². The van der Waals surface area contributed by atoms with Gasteiger partial charge in [-0.1, -0.05) is 0 Å². The third-order valence-electron chi connectivity index (χ3n) is 0.701. The van der Waals surface area contributed by atoms with Crippen molar-refractivity contribution in [1.29, 1.82) is 0 Å². The quantitative estimate of drug-likeness (QED) is 0.433. The van der Waals surface area contributed by atoms with Crippen molar-refractivity contribution < 1.29 is 0 Å². The zero-order valence-electron chi connectivity index (χ0n) is 4.42. The van der Waals surface area contributed by atoms with Gasteiger partial charge in [0.05, 0.1) is 0 Å². The Morgan fingerprint density at radius 3 is 2.43 bits per heavy atom. The van der Waals surface area contributed by atoms with E-state index < -0.39 is 0 Å². The van der Waals surface area contributed by atoms with Gasteiger partial charge in [0.15, 0.2) is 0 Å². The molecule has 1 heterocycles. The number of rotatable bonds is 0. The summed E-state index contributed by atoms with van der Waals surface area (Å²) in [6, 6.07) is 0. The smallest absolute Gasteiger partial charge is 0.128 e. The number of hydrogen-bond acceptors (Lipinski definition) is 4. The fraction of sp³-hybridized carbons (Fsp3) is 0.667. The van der Waals surface area contributed by atoms with Crippen LogP contribution >= 0.6 is 0 Å². The van der Waals surface area contributed by atoms with Gasteiger partial charge in [-0.3, -0.25) is 5.01 Å². The first kappa shape index (κ1) is 4.39. The molecule has 0 saturated heterocycles. The molecule has 0 spiro atoms. The Balaban J connectivity index is 2.42. The van der Waals surface area contributed by atoms with Gasteiger partial charge >= 0.3 is 0 Å². The Labute approximate surface area is 42.3 Å². The minimum absolute atomic E-state index is 1.62. The number of hydrogen-bond donors (Lipinski definition) is 1. The second-order valence-electron chi connectivity index (χ2n) is 1.47. The van der Waals surface area contributed by atoms with Crippen LogP contribution in [0.3, 0.4) is 0 Å². The first-order valence-electron chi connectivity index (χ1n) is 2.06. The molecule has 7 heavy (non-hydrogen) atoms. The lowest BCUT2D eigenvalue weighted by molar-refractivity contribution is 0.167. The maximum Gasteiger partial charge on any atom is 0.128 e. The SMILES string of the molecule is CN1C=NN(C)N1. The summed E-state index contributed by atoms with van der Waals surface area (Å²) in [6.07, 6.45) is 1.69. The summed E-state index contributed by atoms with van der Waals surface area (Å²) in [7, 11) is 3.72. The van der Waals surface area contributed by atoms with Gasteiger partial charge in [-0.25, -0.2) is 5.12 Å². The minimum Gasteiger partial charge on any atom is -0.281 e. The molecule has 4 heteroatoms. The average Bonchev–Trinajstić information content (AvgIpc) is 1.87. The van der Waals surface area contributed by atoms with Crippen LogP contribution in [0.25, 0.3) is 0 Å². The highest BCUT2D eigenvalue weighted by atomic mass is 15.9. The molecule has 0 aromatic heterocycles. The van der Waals surface area contributed by atoms with E-state index in [2.05, 4.69) is 10.6 Å². The molecule has 0 saturated carbocycles. The van der Waals surface area contributed by atoms with Gasteiger partial charge in [0.25, 0.3) is 0 Å². The van der Waals surface area contributed by atoms with Crippen LogP contribution in [0.15, 0.2) is 5.10 Å². The average molecular weight is 100 g/mol. The molecular weight excluding hydrogens is 92.1 g/mol. The van der Waals surface area contributed by atoms with Crippen LogP contribution in [0.2, 0.25) is 0 Å². The summed E-state index contributed by atoms with van der Waals surface area (Å²) in [5.41, 5.74) is 2.86. The van der Waals surface area contributed by atoms with Gasteiger partial charge in [0, 0.05) is 14.1 Å². The van der Waals surface area contributed by atoms with Crippen molar-refractivity contribution in [1.82, 2.24) is 15.7 Å². The zero-order chi connectivity index (χ0) is 5.28. The van der Waals surface area contributed by atoms with E-state index in [1.165, 1.54) is 0 Å². The summed E-state index contributed by atoms with van der Waals surface area (Å²) in [5.74, 6) is 0. The first-order valence-corrected chi connectivity index (χ1v) is 2.06. The molecular formula is C3H8N4. The number of hydrazone groups is 1. The predicted molar refractivity (Wildman–Crippen MR) is 27.2 cm³/mol. The topological polar surface area (TPSA) is 30.9 Å². The Morgan fingerprint density at radius 2 is 2.29 bits per heavy atom. The van der Waals surface area contributed by atoms with Crippen LogP contribution in [-0.2, 0) is 0 Å². The van der Waals surface area contributed by atoms with Gasteiger partial charge < -0.3 is 0 Å². The normalized spacial score (nSPS) is 19.1. The molecule has 1 N–H and O–H groups in total. The highest BCUT2D eigenvalue weighted by molar-refractivity contribution is 5.54. The van der Waals surface area contributed by atoms with Crippen molar-refractivity contribution in [3.05, 3.63) is 0 Å². The Kier molecular flexibility index (Phi) is 0.867. The first-order chi connectivity index (χ1) is 3.29. The molecule has 0 aliphatic carbocycles. The molecule has 1 aliphatic rings. The minimum atomic E-state index is 1.62. The van der Waals surface area contributed by atoms with E-state index in [1.807, 2.05) is 14.1 Å². The molecule has 0 aromatic rings. The Hall–Kier alpha value is -0.770. The van der Waals surface area contributed by atoms with Crippen LogP contribution in [-0.4, -0.2) is 30.6 Å². The molecule has 0 bridgehead atoms. The number of nitrogens with zero attached hydrogens (tertiary/aromatic N) is 3. The van der Waals surface area contributed by atoms with Crippen molar-refractivity contribution in [3.63, 3.8) is 0 Å². The third kappa shape index (κ3) is 0.806. The van der Waals surface area contributed by atoms with E-state index in [1.54, 1.807) is 16.5 Å². The summed E-state index contributed by atoms with van der Waals surface area (Å²) in [6.45, 7) is 0. The molecule has 0 radical (unpaired) electrons. The van der Waals surface area contributed by atoms with Crippen molar-refractivity contribution in [3.8, 4) is 0 Å². The second-order valence-corrected chi connectivity index (χ2v) is 1.47. The van der Waals surface area contributed by atoms with Gasteiger partial charge in [-0.2, -0.15) is 0 Å². The number of nitrogens with one attached hydrogen (secondary N) is 1. The van der Waals surface area contributed by atoms with E-state index in [9.17, 15) is 0 Å². The van der Waals surface area contributed by atoms with Gasteiger partial charge in [0.1, 0.15) is 6.34 Å². The largest absolute Gasteiger partial charge is 0.281 e. The van der Waals surface area contributed by atoms with Gasteiger partial charge in [-0.05, 0) is 0 Å². The molecule has 0 fully saturated rings. The van der Waals surface area contributed by atoms with Gasteiger partial charge in [0.2, 0.25) is 0 Å². The lowest BCUT2D eigenvalue weighted by atomic mass is 11.1. The van der Waals surface area contributed by atoms with Crippen LogP contribution < -0.4 is 5.53 Å². The standard InChI is InChI=1S/C3H8N4/c1-6-3-4-7(2)5-6/h3,5H,1-2H3. The lowest BCUT2D eigenvalue weighted by Gasteiger charge is -2.09. The third-order valence-corrected chi connectivity index (χ3v) is 0.701. The van der Waals surface area contributed by atoms with E-state index in [-0.39, 0.29) is 0 Å². The van der Waals surface area contributed by atoms with Crippen LogP contribution in [0, 0.1) is 0 Å². The monoisotopic (exact) mass is 100 g/mol. The second kappa shape index (κ2) is 1.38. The summed E-state index contributed by atoms with van der Waals surface area (Å²) in [5, 5.41) is 7.23. The van der Waals surface area contributed by atoms with E-state index in [0.29, 0.717) is 0 Å². The Bertz CT molecular complexity index is 78.9. The molecule has 4 nitrogen and oxygen atoms in total. The number of hydrazine groups is 2. The van der Waals surface area contributed by atoms with E-state index in [4.69, 9.17) is 0 Å². The fourth-order valence-corrected chi connectivity index (χ4v) is 0.435.